The van der Waals surface area contributed by atoms with E-state index in [2.05, 4.69) is 10.6 Å². The number of carbonyl (C=O) groups excluding carboxylic acids is 2. The van der Waals surface area contributed by atoms with E-state index >= 15 is 0 Å². The standard InChI is InChI=1S/C16H26N4O3/c1-11(2)20-10-12(8-15(20)21)18-16(22)17-9-13(19(3)4)14-6-5-7-23-14/h5-7,11-13H,8-10H2,1-4H3,(H2,17,18,22)/t12-,13+/m0/s1. The number of furan rings is 1. The quantitative estimate of drug-likeness (QED) is 0.825. The van der Waals surface area contributed by atoms with Gasteiger partial charge in [-0.2, -0.15) is 0 Å². The van der Waals surface area contributed by atoms with Crippen molar-refractivity contribution >= 4 is 11.9 Å². The molecule has 2 atom stereocenters. The molecular weight excluding hydrogens is 296 g/mol. The molecule has 0 radical (unpaired) electrons. The maximum absolute atomic E-state index is 12.1. The van der Waals surface area contributed by atoms with Gasteiger partial charge in [0.15, 0.2) is 0 Å². The summed E-state index contributed by atoms with van der Waals surface area (Å²) in [7, 11) is 3.87. The molecule has 0 aliphatic carbocycles. The summed E-state index contributed by atoms with van der Waals surface area (Å²) in [6.07, 6.45) is 1.98. The summed E-state index contributed by atoms with van der Waals surface area (Å²) < 4.78 is 5.41. The number of carbonyl (C=O) groups is 2. The minimum absolute atomic E-state index is 0.0341. The molecule has 3 amide bonds. The number of likely N-dealkylation sites (N-methyl/N-ethyl adjacent to an activating group) is 1. The Labute approximate surface area is 137 Å². The Bertz CT molecular complexity index is 527. The minimum Gasteiger partial charge on any atom is -0.468 e. The molecule has 1 aromatic heterocycles. The van der Waals surface area contributed by atoms with Crippen LogP contribution in [0.15, 0.2) is 22.8 Å². The molecular formula is C16H26N4O3. The van der Waals surface area contributed by atoms with E-state index in [9.17, 15) is 9.59 Å². The molecule has 0 unspecified atom stereocenters. The lowest BCUT2D eigenvalue weighted by Crippen LogP contribution is -2.46. The van der Waals surface area contributed by atoms with Crippen LogP contribution in [0.5, 0.6) is 0 Å². The zero-order valence-corrected chi connectivity index (χ0v) is 14.2. The summed E-state index contributed by atoms with van der Waals surface area (Å²) in [5.74, 6) is 0.893. The molecule has 2 N–H and O–H groups in total. The molecule has 1 fully saturated rings. The minimum atomic E-state index is -0.258. The van der Waals surface area contributed by atoms with E-state index in [0.717, 1.165) is 5.76 Å². The number of hydrogen-bond donors (Lipinski definition) is 2. The Hall–Kier alpha value is -2.02. The molecule has 2 rings (SSSR count). The number of amides is 3. The second kappa shape index (κ2) is 7.50. The van der Waals surface area contributed by atoms with Crippen molar-refractivity contribution in [2.24, 2.45) is 0 Å². The van der Waals surface area contributed by atoms with Crippen LogP contribution < -0.4 is 10.6 Å². The Morgan fingerprint density at radius 2 is 2.22 bits per heavy atom. The Balaban J connectivity index is 1.82. The van der Waals surface area contributed by atoms with Crippen molar-refractivity contribution in [1.29, 1.82) is 0 Å². The fourth-order valence-electron chi connectivity index (χ4n) is 2.77. The van der Waals surface area contributed by atoms with Gasteiger partial charge in [0.1, 0.15) is 5.76 Å². The average Bonchev–Trinajstić information content (AvgIpc) is 3.08. The first-order valence-electron chi connectivity index (χ1n) is 7.92. The highest BCUT2D eigenvalue weighted by molar-refractivity contribution is 5.81. The zero-order chi connectivity index (χ0) is 17.0. The van der Waals surface area contributed by atoms with Gasteiger partial charge in [-0.15, -0.1) is 0 Å². The van der Waals surface area contributed by atoms with E-state index in [1.165, 1.54) is 0 Å². The number of nitrogens with one attached hydrogen (secondary N) is 2. The van der Waals surface area contributed by atoms with Crippen molar-refractivity contribution in [2.45, 2.75) is 38.4 Å². The van der Waals surface area contributed by atoms with Gasteiger partial charge in [0.25, 0.3) is 0 Å². The molecule has 0 aromatic carbocycles. The van der Waals surface area contributed by atoms with Gasteiger partial charge in [-0.05, 0) is 40.1 Å². The van der Waals surface area contributed by atoms with Crippen LogP contribution in [0.4, 0.5) is 4.79 Å². The van der Waals surface area contributed by atoms with Gasteiger partial charge in [0.05, 0.1) is 18.3 Å². The summed E-state index contributed by atoms with van der Waals surface area (Å²) in [5, 5.41) is 5.73. The maximum Gasteiger partial charge on any atom is 0.315 e. The molecule has 7 nitrogen and oxygen atoms in total. The molecule has 2 heterocycles. The summed E-state index contributed by atoms with van der Waals surface area (Å²) >= 11 is 0. The lowest BCUT2D eigenvalue weighted by molar-refractivity contribution is -0.129. The maximum atomic E-state index is 12.1. The van der Waals surface area contributed by atoms with Crippen LogP contribution in [0.25, 0.3) is 0 Å². The zero-order valence-electron chi connectivity index (χ0n) is 14.2. The Kier molecular flexibility index (Phi) is 5.65. The number of likely N-dealkylation sites (tertiary alicyclic amines) is 1. The summed E-state index contributed by atoms with van der Waals surface area (Å²) in [5.41, 5.74) is 0. The van der Waals surface area contributed by atoms with E-state index in [1.807, 2.05) is 45.0 Å². The molecule has 1 aliphatic rings. The monoisotopic (exact) mass is 322 g/mol. The first-order chi connectivity index (χ1) is 10.9. The topological polar surface area (TPSA) is 77.8 Å². The highest BCUT2D eigenvalue weighted by Gasteiger charge is 2.32. The fraction of sp³-hybridized carbons (Fsp3) is 0.625. The number of nitrogens with zero attached hydrogens (tertiary/aromatic N) is 2. The summed E-state index contributed by atoms with van der Waals surface area (Å²) in [6.45, 7) is 4.96. The number of rotatable bonds is 6. The highest BCUT2D eigenvalue weighted by atomic mass is 16.3. The fourth-order valence-corrected chi connectivity index (χ4v) is 2.77. The van der Waals surface area contributed by atoms with Crippen LogP contribution in [0.2, 0.25) is 0 Å². The van der Waals surface area contributed by atoms with Gasteiger partial charge in [-0.25, -0.2) is 4.79 Å². The van der Waals surface area contributed by atoms with Crippen LogP contribution in [-0.2, 0) is 4.79 Å². The molecule has 0 spiro atoms. The van der Waals surface area contributed by atoms with Gasteiger partial charge < -0.3 is 20.0 Å². The van der Waals surface area contributed by atoms with Crippen molar-refractivity contribution < 1.29 is 14.0 Å². The average molecular weight is 322 g/mol. The van der Waals surface area contributed by atoms with Crippen LogP contribution in [-0.4, -0.2) is 61.0 Å². The van der Waals surface area contributed by atoms with Crippen LogP contribution >= 0.6 is 0 Å². The molecule has 128 valence electrons. The van der Waals surface area contributed by atoms with Gasteiger partial charge >= 0.3 is 6.03 Å². The third-order valence-electron chi connectivity index (χ3n) is 4.07. The van der Waals surface area contributed by atoms with E-state index in [0.29, 0.717) is 19.5 Å². The van der Waals surface area contributed by atoms with Crippen molar-refractivity contribution in [3.05, 3.63) is 24.2 Å². The Morgan fingerprint density at radius 1 is 1.48 bits per heavy atom. The second-order valence-electron chi connectivity index (χ2n) is 6.39. The van der Waals surface area contributed by atoms with Crippen molar-refractivity contribution in [3.8, 4) is 0 Å². The highest BCUT2D eigenvalue weighted by Crippen LogP contribution is 2.17. The van der Waals surface area contributed by atoms with Crippen LogP contribution in [0.1, 0.15) is 32.1 Å². The molecule has 7 heteroatoms. The predicted octanol–water partition coefficient (Wildman–Crippen LogP) is 1.19. The van der Waals surface area contributed by atoms with Gasteiger partial charge in [0, 0.05) is 25.6 Å². The number of hydrogen-bond acceptors (Lipinski definition) is 4. The largest absolute Gasteiger partial charge is 0.468 e. The van der Waals surface area contributed by atoms with Crippen LogP contribution in [0.3, 0.4) is 0 Å². The van der Waals surface area contributed by atoms with E-state index in [4.69, 9.17) is 4.42 Å². The predicted molar refractivity (Wildman–Crippen MR) is 86.9 cm³/mol. The smallest absolute Gasteiger partial charge is 0.315 e. The summed E-state index contributed by atoms with van der Waals surface area (Å²) in [6, 6.07) is 3.46. The van der Waals surface area contributed by atoms with E-state index < -0.39 is 0 Å². The normalized spacial score (nSPS) is 19.5. The SMILES string of the molecule is CC(C)N1C[C@@H](NC(=O)NC[C@H](c2ccco2)N(C)C)CC1=O. The third kappa shape index (κ3) is 4.48. The van der Waals surface area contributed by atoms with Gasteiger partial charge in [-0.1, -0.05) is 0 Å². The Morgan fingerprint density at radius 3 is 2.74 bits per heavy atom. The molecule has 0 saturated carbocycles. The van der Waals surface area contributed by atoms with Crippen molar-refractivity contribution in [1.82, 2.24) is 20.4 Å². The van der Waals surface area contributed by atoms with Crippen LogP contribution in [0, 0.1) is 0 Å². The van der Waals surface area contributed by atoms with Crippen molar-refractivity contribution in [2.75, 3.05) is 27.2 Å². The molecule has 23 heavy (non-hydrogen) atoms. The molecule has 0 bridgehead atoms. The lowest BCUT2D eigenvalue weighted by atomic mass is 10.2. The third-order valence-corrected chi connectivity index (χ3v) is 4.07. The first kappa shape index (κ1) is 17.3. The molecule has 1 aliphatic heterocycles. The number of urea groups is 1. The lowest BCUT2D eigenvalue weighted by Gasteiger charge is -2.23. The molecule has 1 aromatic rings. The van der Waals surface area contributed by atoms with Crippen molar-refractivity contribution in [3.63, 3.8) is 0 Å². The second-order valence-corrected chi connectivity index (χ2v) is 6.39. The first-order valence-corrected chi connectivity index (χ1v) is 7.92. The van der Waals surface area contributed by atoms with Gasteiger partial charge in [0.2, 0.25) is 5.91 Å². The molecule has 1 saturated heterocycles. The van der Waals surface area contributed by atoms with E-state index in [-0.39, 0.29) is 30.1 Å². The van der Waals surface area contributed by atoms with Gasteiger partial charge in [-0.3, -0.25) is 9.69 Å². The summed E-state index contributed by atoms with van der Waals surface area (Å²) in [4.78, 5) is 27.7. The van der Waals surface area contributed by atoms with E-state index in [1.54, 1.807) is 11.2 Å².